The first-order valence-corrected chi connectivity index (χ1v) is 10.3. The molecule has 0 aliphatic carbocycles. The minimum atomic E-state index is -3.62. The van der Waals surface area contributed by atoms with Crippen LogP contribution in [0.5, 0.6) is 0 Å². The Morgan fingerprint density at radius 2 is 1.04 bits per heavy atom. The molecule has 6 nitrogen and oxygen atoms in total. The zero-order valence-electron chi connectivity index (χ0n) is 12.7. The Labute approximate surface area is 138 Å². The van der Waals surface area contributed by atoms with Crippen LogP contribution in [0.4, 0.5) is 20.2 Å². The van der Waals surface area contributed by atoms with Crippen LogP contribution in [0.25, 0.3) is 11.1 Å². The standard InChI is InChI=1S/C14H14F2N2O4S2/c1-23(19,20)17-13-5-3-9(7-11(13)15)10-4-6-14(12(16)8-10)18-24(2,21)22/h3-8,17-18H,1-2H3. The molecule has 130 valence electrons. The molecule has 2 aromatic rings. The SMILES string of the molecule is CS(=O)(=O)Nc1ccc(-c2ccc(NS(C)(=O)=O)c(F)c2)cc1F. The summed E-state index contributed by atoms with van der Waals surface area (Å²) in [7, 11) is -7.24. The molecule has 0 saturated heterocycles. The van der Waals surface area contributed by atoms with Crippen LogP contribution in [-0.4, -0.2) is 29.3 Å². The smallest absolute Gasteiger partial charge is 0.229 e. The van der Waals surface area contributed by atoms with E-state index >= 15 is 0 Å². The highest BCUT2D eigenvalue weighted by Gasteiger charge is 2.12. The highest BCUT2D eigenvalue weighted by atomic mass is 32.2. The fourth-order valence-electron chi connectivity index (χ4n) is 1.95. The van der Waals surface area contributed by atoms with Gasteiger partial charge in [0.25, 0.3) is 0 Å². The third-order valence-corrected chi connectivity index (χ3v) is 4.04. The second-order valence-electron chi connectivity index (χ2n) is 5.14. The lowest BCUT2D eigenvalue weighted by atomic mass is 10.0. The molecule has 0 spiro atoms. The molecule has 0 unspecified atom stereocenters. The number of anilines is 2. The van der Waals surface area contributed by atoms with Gasteiger partial charge in [0.15, 0.2) is 0 Å². The summed E-state index contributed by atoms with van der Waals surface area (Å²) in [6.45, 7) is 0. The molecule has 0 saturated carbocycles. The van der Waals surface area contributed by atoms with Crippen molar-refractivity contribution in [2.45, 2.75) is 0 Å². The average Bonchev–Trinajstić information content (AvgIpc) is 2.40. The van der Waals surface area contributed by atoms with Crippen molar-refractivity contribution in [3.63, 3.8) is 0 Å². The first-order valence-electron chi connectivity index (χ1n) is 6.50. The molecule has 10 heteroatoms. The summed E-state index contributed by atoms with van der Waals surface area (Å²) in [6.07, 6.45) is 1.78. The van der Waals surface area contributed by atoms with Crippen LogP contribution in [0, 0.1) is 11.6 Å². The maximum atomic E-state index is 14.0. The van der Waals surface area contributed by atoms with Crippen LogP contribution in [0.1, 0.15) is 0 Å². The van der Waals surface area contributed by atoms with E-state index in [9.17, 15) is 25.6 Å². The summed E-state index contributed by atoms with van der Waals surface area (Å²) in [5, 5.41) is 0. The van der Waals surface area contributed by atoms with E-state index in [0.717, 1.165) is 24.6 Å². The molecule has 24 heavy (non-hydrogen) atoms. The topological polar surface area (TPSA) is 92.3 Å². The van der Waals surface area contributed by atoms with Crippen molar-refractivity contribution >= 4 is 31.4 Å². The third-order valence-electron chi connectivity index (χ3n) is 2.86. The van der Waals surface area contributed by atoms with Gasteiger partial charge in [-0.1, -0.05) is 12.1 Å². The highest BCUT2D eigenvalue weighted by molar-refractivity contribution is 7.92. The molecular weight excluding hydrogens is 362 g/mol. The number of benzene rings is 2. The lowest BCUT2D eigenvalue weighted by Crippen LogP contribution is -2.11. The van der Waals surface area contributed by atoms with Gasteiger partial charge in [-0.15, -0.1) is 0 Å². The van der Waals surface area contributed by atoms with Gasteiger partial charge in [0.1, 0.15) is 11.6 Å². The number of rotatable bonds is 5. The number of hydrogen-bond donors (Lipinski definition) is 2. The van der Waals surface area contributed by atoms with Gasteiger partial charge in [0, 0.05) is 0 Å². The first-order chi connectivity index (χ1) is 10.9. The molecule has 0 amide bonds. The van der Waals surface area contributed by atoms with Crippen LogP contribution < -0.4 is 9.44 Å². The molecule has 0 heterocycles. The van der Waals surface area contributed by atoms with Crippen LogP contribution in [0.2, 0.25) is 0 Å². The second kappa shape index (κ2) is 6.36. The van der Waals surface area contributed by atoms with Crippen LogP contribution in [0.15, 0.2) is 36.4 Å². The summed E-state index contributed by atoms with van der Waals surface area (Å²) in [4.78, 5) is 0. The number of halogens is 2. The van der Waals surface area contributed by atoms with Gasteiger partial charge in [0.05, 0.1) is 23.9 Å². The molecule has 2 N–H and O–H groups in total. The Bertz CT molecular complexity index is 908. The van der Waals surface area contributed by atoms with Crippen molar-refractivity contribution in [1.82, 2.24) is 0 Å². The molecule has 0 aliphatic rings. The lowest BCUT2D eigenvalue weighted by molar-refractivity contribution is 0.602. The van der Waals surface area contributed by atoms with Crippen molar-refractivity contribution in [1.29, 1.82) is 0 Å². The van der Waals surface area contributed by atoms with Gasteiger partial charge in [-0.25, -0.2) is 25.6 Å². The minimum absolute atomic E-state index is 0.225. The summed E-state index contributed by atoms with van der Waals surface area (Å²) in [5.74, 6) is -1.65. The predicted molar refractivity (Wildman–Crippen MR) is 88.7 cm³/mol. The average molecular weight is 376 g/mol. The molecule has 0 fully saturated rings. The van der Waals surface area contributed by atoms with E-state index in [1.807, 2.05) is 9.44 Å². The van der Waals surface area contributed by atoms with E-state index in [0.29, 0.717) is 11.1 Å². The Morgan fingerprint density at radius 1 is 0.708 bits per heavy atom. The lowest BCUT2D eigenvalue weighted by Gasteiger charge is -2.10. The van der Waals surface area contributed by atoms with Gasteiger partial charge >= 0.3 is 0 Å². The summed E-state index contributed by atoms with van der Waals surface area (Å²) in [5.41, 5.74) is 0.155. The van der Waals surface area contributed by atoms with Gasteiger partial charge in [0.2, 0.25) is 20.0 Å². The van der Waals surface area contributed by atoms with Crippen molar-refractivity contribution < 1.29 is 25.6 Å². The molecule has 0 radical (unpaired) electrons. The Hall–Kier alpha value is -2.20. The Kier molecular flexibility index (Phi) is 4.81. The van der Waals surface area contributed by atoms with Crippen molar-refractivity contribution in [3.05, 3.63) is 48.0 Å². The first kappa shape index (κ1) is 18.1. The highest BCUT2D eigenvalue weighted by Crippen LogP contribution is 2.28. The van der Waals surface area contributed by atoms with Gasteiger partial charge in [-0.05, 0) is 35.4 Å². The van der Waals surface area contributed by atoms with Gasteiger partial charge in [-0.3, -0.25) is 9.44 Å². The zero-order chi connectivity index (χ0) is 18.1. The Morgan fingerprint density at radius 3 is 1.29 bits per heavy atom. The maximum Gasteiger partial charge on any atom is 0.229 e. The second-order valence-corrected chi connectivity index (χ2v) is 8.63. The van der Waals surface area contributed by atoms with Crippen molar-refractivity contribution in [2.24, 2.45) is 0 Å². The van der Waals surface area contributed by atoms with Crippen molar-refractivity contribution in [2.75, 3.05) is 22.0 Å². The molecule has 2 aromatic carbocycles. The molecule has 2 rings (SSSR count). The van der Waals surface area contributed by atoms with Crippen LogP contribution in [-0.2, 0) is 20.0 Å². The number of nitrogens with one attached hydrogen (secondary N) is 2. The fourth-order valence-corrected chi connectivity index (χ4v) is 3.08. The van der Waals surface area contributed by atoms with E-state index in [4.69, 9.17) is 0 Å². The minimum Gasteiger partial charge on any atom is -0.281 e. The van der Waals surface area contributed by atoms with E-state index < -0.39 is 31.7 Å². The molecule has 0 bridgehead atoms. The molecule has 0 atom stereocenters. The van der Waals surface area contributed by atoms with E-state index in [1.54, 1.807) is 0 Å². The normalized spacial score (nSPS) is 12.0. The van der Waals surface area contributed by atoms with E-state index in [-0.39, 0.29) is 11.4 Å². The molecular formula is C14H14F2N2O4S2. The largest absolute Gasteiger partial charge is 0.281 e. The Balaban J connectivity index is 2.36. The monoisotopic (exact) mass is 376 g/mol. The van der Waals surface area contributed by atoms with Crippen LogP contribution >= 0.6 is 0 Å². The van der Waals surface area contributed by atoms with Crippen molar-refractivity contribution in [3.8, 4) is 11.1 Å². The number of sulfonamides is 2. The van der Waals surface area contributed by atoms with Gasteiger partial charge in [-0.2, -0.15) is 0 Å². The summed E-state index contributed by atoms with van der Waals surface area (Å²) in [6, 6.07) is 7.35. The maximum absolute atomic E-state index is 14.0. The number of hydrogen-bond acceptors (Lipinski definition) is 4. The van der Waals surface area contributed by atoms with Crippen LogP contribution in [0.3, 0.4) is 0 Å². The molecule has 0 aromatic heterocycles. The predicted octanol–water partition coefficient (Wildman–Crippen LogP) is 2.37. The summed E-state index contributed by atoms with van der Waals surface area (Å²) < 4.78 is 76.4. The zero-order valence-corrected chi connectivity index (χ0v) is 14.3. The third kappa shape index (κ3) is 4.90. The fraction of sp³-hybridized carbons (Fsp3) is 0.143. The summed E-state index contributed by atoms with van der Waals surface area (Å²) >= 11 is 0. The molecule has 0 aliphatic heterocycles. The van der Waals surface area contributed by atoms with E-state index in [2.05, 4.69) is 0 Å². The quantitative estimate of drug-likeness (QED) is 0.838. The van der Waals surface area contributed by atoms with E-state index in [1.165, 1.54) is 24.3 Å². The van der Waals surface area contributed by atoms with Gasteiger partial charge < -0.3 is 0 Å².